The van der Waals surface area contributed by atoms with Crippen LogP contribution in [0.15, 0.2) is 18.2 Å². The molecular weight excluding hydrogens is 268 g/mol. The zero-order valence-electron chi connectivity index (χ0n) is 10.7. The maximum absolute atomic E-state index is 11.7. The third kappa shape index (κ3) is 5.18. The Kier molecular flexibility index (Phi) is 6.15. The van der Waals surface area contributed by atoms with Gasteiger partial charge in [-0.3, -0.25) is 9.59 Å². The molecule has 2 amide bonds. The number of amides is 2. The Balaban J connectivity index is 2.41. The van der Waals surface area contributed by atoms with Gasteiger partial charge >= 0.3 is 0 Å². The second-order valence-electron chi connectivity index (χ2n) is 4.02. The molecule has 0 aliphatic carbocycles. The van der Waals surface area contributed by atoms with E-state index in [1.165, 1.54) is 18.2 Å². The van der Waals surface area contributed by atoms with Crippen molar-refractivity contribution in [3.05, 3.63) is 28.8 Å². The topological polar surface area (TPSA) is 78.4 Å². The van der Waals surface area contributed by atoms with Crippen molar-refractivity contribution >= 4 is 23.4 Å². The van der Waals surface area contributed by atoms with Crippen molar-refractivity contribution < 1.29 is 14.7 Å². The normalized spacial score (nSPS) is 10.0. The molecule has 5 nitrogen and oxygen atoms in total. The van der Waals surface area contributed by atoms with Crippen LogP contribution in [0.5, 0.6) is 5.75 Å². The van der Waals surface area contributed by atoms with Gasteiger partial charge in [-0.25, -0.2) is 0 Å². The Morgan fingerprint density at radius 3 is 2.63 bits per heavy atom. The fourth-order valence-electron chi connectivity index (χ4n) is 1.43. The molecule has 0 unspecified atom stereocenters. The smallest absolute Gasteiger partial charge is 0.255 e. The van der Waals surface area contributed by atoms with Crippen LogP contribution in [-0.4, -0.2) is 30.0 Å². The number of halogens is 1. The van der Waals surface area contributed by atoms with E-state index in [2.05, 4.69) is 10.6 Å². The number of phenols is 1. The molecule has 0 aromatic heterocycles. The van der Waals surface area contributed by atoms with Crippen LogP contribution in [0.3, 0.4) is 0 Å². The zero-order chi connectivity index (χ0) is 14.3. The summed E-state index contributed by atoms with van der Waals surface area (Å²) in [5.41, 5.74) is 0.137. The standard InChI is InChI=1S/C13H17ClN2O3/c1-2-6-15-12(18)5-7-16-13(19)10-4-3-9(14)8-11(10)17/h3-4,8,17H,2,5-7H2,1H3,(H,15,18)(H,16,19). The molecule has 3 N–H and O–H groups in total. The van der Waals surface area contributed by atoms with Crippen LogP contribution in [0.2, 0.25) is 5.02 Å². The lowest BCUT2D eigenvalue weighted by Crippen LogP contribution is -2.31. The second kappa shape index (κ2) is 7.63. The highest BCUT2D eigenvalue weighted by Gasteiger charge is 2.11. The predicted molar refractivity (Wildman–Crippen MR) is 73.4 cm³/mol. The summed E-state index contributed by atoms with van der Waals surface area (Å²) in [4.78, 5) is 23.0. The van der Waals surface area contributed by atoms with E-state index in [-0.39, 0.29) is 30.2 Å². The summed E-state index contributed by atoms with van der Waals surface area (Å²) in [6.07, 6.45) is 1.08. The van der Waals surface area contributed by atoms with Crippen molar-refractivity contribution in [2.75, 3.05) is 13.1 Å². The highest BCUT2D eigenvalue weighted by molar-refractivity contribution is 6.30. The molecule has 1 aromatic carbocycles. The van der Waals surface area contributed by atoms with Crippen LogP contribution in [-0.2, 0) is 4.79 Å². The average Bonchev–Trinajstić information content (AvgIpc) is 2.36. The van der Waals surface area contributed by atoms with Gasteiger partial charge in [-0.15, -0.1) is 0 Å². The first-order chi connectivity index (χ1) is 9.04. The molecule has 0 aliphatic heterocycles. The summed E-state index contributed by atoms with van der Waals surface area (Å²) in [6.45, 7) is 2.81. The van der Waals surface area contributed by atoms with E-state index in [0.29, 0.717) is 11.6 Å². The molecule has 1 rings (SSSR count). The number of nitrogens with one attached hydrogen (secondary N) is 2. The van der Waals surface area contributed by atoms with Crippen LogP contribution >= 0.6 is 11.6 Å². The van der Waals surface area contributed by atoms with Crippen LogP contribution in [0.4, 0.5) is 0 Å². The van der Waals surface area contributed by atoms with Gasteiger partial charge in [-0.05, 0) is 24.6 Å². The molecule has 1 aromatic rings. The largest absolute Gasteiger partial charge is 0.507 e. The molecule has 0 fully saturated rings. The molecule has 0 atom stereocenters. The molecule has 0 bridgehead atoms. The highest BCUT2D eigenvalue weighted by atomic mass is 35.5. The van der Waals surface area contributed by atoms with Crippen molar-refractivity contribution in [1.29, 1.82) is 0 Å². The summed E-state index contributed by atoms with van der Waals surface area (Å²) in [5.74, 6) is -0.722. The van der Waals surface area contributed by atoms with Gasteiger partial charge in [0.05, 0.1) is 5.56 Å². The lowest BCUT2D eigenvalue weighted by atomic mass is 10.2. The van der Waals surface area contributed by atoms with Gasteiger partial charge in [-0.2, -0.15) is 0 Å². The molecule has 0 saturated heterocycles. The van der Waals surface area contributed by atoms with Gasteiger partial charge in [0, 0.05) is 24.5 Å². The van der Waals surface area contributed by atoms with Gasteiger partial charge < -0.3 is 15.7 Å². The van der Waals surface area contributed by atoms with E-state index in [1.807, 2.05) is 6.92 Å². The van der Waals surface area contributed by atoms with E-state index in [0.717, 1.165) is 6.42 Å². The Bertz CT molecular complexity index is 463. The van der Waals surface area contributed by atoms with Gasteiger partial charge in [0.15, 0.2) is 0 Å². The lowest BCUT2D eigenvalue weighted by molar-refractivity contribution is -0.120. The van der Waals surface area contributed by atoms with Gasteiger partial charge in [0.2, 0.25) is 5.91 Å². The average molecular weight is 285 g/mol. The van der Waals surface area contributed by atoms with Crippen LogP contribution in [0, 0.1) is 0 Å². The number of phenolic OH excluding ortho intramolecular Hbond substituents is 1. The molecule has 0 heterocycles. The number of benzene rings is 1. The first-order valence-electron chi connectivity index (χ1n) is 6.08. The van der Waals surface area contributed by atoms with E-state index in [9.17, 15) is 14.7 Å². The minimum Gasteiger partial charge on any atom is -0.507 e. The fraction of sp³-hybridized carbons (Fsp3) is 0.385. The summed E-state index contributed by atoms with van der Waals surface area (Å²) < 4.78 is 0. The van der Waals surface area contributed by atoms with Crippen LogP contribution < -0.4 is 10.6 Å². The van der Waals surface area contributed by atoms with Crippen LogP contribution in [0.1, 0.15) is 30.1 Å². The summed E-state index contributed by atoms with van der Waals surface area (Å²) in [6, 6.07) is 4.25. The molecule has 0 radical (unpaired) electrons. The van der Waals surface area contributed by atoms with E-state index in [4.69, 9.17) is 11.6 Å². The number of rotatable bonds is 6. The molecule has 0 aliphatic rings. The minimum absolute atomic E-state index is 0.109. The number of carbonyl (C=O) groups excluding carboxylic acids is 2. The Hall–Kier alpha value is -1.75. The summed E-state index contributed by atoms with van der Waals surface area (Å²) >= 11 is 5.67. The zero-order valence-corrected chi connectivity index (χ0v) is 11.5. The molecule has 0 saturated carbocycles. The first-order valence-corrected chi connectivity index (χ1v) is 6.45. The van der Waals surface area contributed by atoms with E-state index >= 15 is 0 Å². The third-order valence-electron chi connectivity index (χ3n) is 2.41. The lowest BCUT2D eigenvalue weighted by Gasteiger charge is -2.07. The Morgan fingerprint density at radius 2 is 2.00 bits per heavy atom. The first kappa shape index (κ1) is 15.3. The monoisotopic (exact) mass is 284 g/mol. The number of hydrogen-bond donors (Lipinski definition) is 3. The molecule has 19 heavy (non-hydrogen) atoms. The van der Waals surface area contributed by atoms with Gasteiger partial charge in [-0.1, -0.05) is 18.5 Å². The van der Waals surface area contributed by atoms with E-state index in [1.54, 1.807) is 0 Å². The van der Waals surface area contributed by atoms with Crippen molar-refractivity contribution in [1.82, 2.24) is 10.6 Å². The van der Waals surface area contributed by atoms with E-state index < -0.39 is 5.91 Å². The maximum Gasteiger partial charge on any atom is 0.255 e. The number of aromatic hydroxyl groups is 1. The SMILES string of the molecule is CCCNC(=O)CCNC(=O)c1ccc(Cl)cc1O. The fourth-order valence-corrected chi connectivity index (χ4v) is 1.60. The van der Waals surface area contributed by atoms with Crippen molar-refractivity contribution in [3.63, 3.8) is 0 Å². The molecule has 0 spiro atoms. The minimum atomic E-state index is -0.433. The van der Waals surface area contributed by atoms with Gasteiger partial charge in [0.1, 0.15) is 5.75 Å². The predicted octanol–water partition coefficient (Wildman–Crippen LogP) is 1.69. The Morgan fingerprint density at radius 1 is 1.26 bits per heavy atom. The summed E-state index contributed by atoms with van der Waals surface area (Å²) in [5, 5.41) is 15.2. The molecule has 6 heteroatoms. The number of carbonyl (C=O) groups is 2. The van der Waals surface area contributed by atoms with Crippen molar-refractivity contribution in [3.8, 4) is 5.75 Å². The maximum atomic E-state index is 11.7. The van der Waals surface area contributed by atoms with Crippen molar-refractivity contribution in [2.24, 2.45) is 0 Å². The second-order valence-corrected chi connectivity index (χ2v) is 4.45. The number of hydrogen-bond acceptors (Lipinski definition) is 3. The quantitative estimate of drug-likeness (QED) is 0.744. The third-order valence-corrected chi connectivity index (χ3v) is 2.65. The van der Waals surface area contributed by atoms with Crippen molar-refractivity contribution in [2.45, 2.75) is 19.8 Å². The summed E-state index contributed by atoms with van der Waals surface area (Å²) in [7, 11) is 0. The van der Waals surface area contributed by atoms with Gasteiger partial charge in [0.25, 0.3) is 5.91 Å². The highest BCUT2D eigenvalue weighted by Crippen LogP contribution is 2.21. The molecular formula is C13H17ClN2O3. The Labute approximate surface area is 117 Å². The van der Waals surface area contributed by atoms with Crippen LogP contribution in [0.25, 0.3) is 0 Å². The molecule has 104 valence electrons.